The molecule has 5 heteroatoms. The summed E-state index contributed by atoms with van der Waals surface area (Å²) in [4.78, 5) is 32.2. The van der Waals surface area contributed by atoms with Gasteiger partial charge in [-0.2, -0.15) is 5.26 Å². The summed E-state index contributed by atoms with van der Waals surface area (Å²) in [6.45, 7) is 5.74. The molecule has 0 N–H and O–H groups in total. The first-order chi connectivity index (χ1) is 13.9. The topological polar surface area (TPSA) is 74.1 Å². The molecule has 0 radical (unpaired) electrons. The van der Waals surface area contributed by atoms with E-state index in [0.717, 1.165) is 28.7 Å². The van der Waals surface area contributed by atoms with E-state index in [4.69, 9.17) is 5.26 Å². The Hall–Kier alpha value is -3.44. The number of nitrogens with zero attached hydrogens (tertiary/aromatic N) is 3. The van der Waals surface area contributed by atoms with Gasteiger partial charge in [-0.05, 0) is 61.2 Å². The highest BCUT2D eigenvalue weighted by Gasteiger charge is 2.47. The summed E-state index contributed by atoms with van der Waals surface area (Å²) in [6.07, 6.45) is 2.54. The Morgan fingerprint density at radius 1 is 1.21 bits per heavy atom. The molecular formula is C24H23N3O2. The van der Waals surface area contributed by atoms with Crippen LogP contribution >= 0.6 is 0 Å². The molecule has 0 saturated carbocycles. The molecule has 2 unspecified atom stereocenters. The molecule has 5 nitrogen and oxygen atoms in total. The van der Waals surface area contributed by atoms with Crippen LogP contribution in [0.5, 0.6) is 0 Å². The lowest BCUT2D eigenvalue weighted by Crippen LogP contribution is -2.33. The number of aryl methyl sites for hydroxylation is 2. The Balaban J connectivity index is 1.97. The first-order valence-electron chi connectivity index (χ1n) is 9.62. The minimum absolute atomic E-state index is 0.101. The minimum Gasteiger partial charge on any atom is -0.334 e. The van der Waals surface area contributed by atoms with Crippen LogP contribution in [0.15, 0.2) is 30.5 Å². The largest absolute Gasteiger partial charge is 0.334 e. The molecule has 1 fully saturated rings. The fourth-order valence-corrected chi connectivity index (χ4v) is 3.97. The van der Waals surface area contributed by atoms with Gasteiger partial charge in [-0.3, -0.25) is 14.6 Å². The van der Waals surface area contributed by atoms with Crippen molar-refractivity contribution in [2.75, 3.05) is 7.05 Å². The number of likely N-dealkylation sites (N-methyl/N-ethyl adjacent to an activating group) is 1. The summed E-state index contributed by atoms with van der Waals surface area (Å²) in [6, 6.07) is 8.80. The summed E-state index contributed by atoms with van der Waals surface area (Å²) in [7, 11) is 1.67. The van der Waals surface area contributed by atoms with Gasteiger partial charge in [0.05, 0.1) is 11.6 Å². The number of pyridine rings is 1. The van der Waals surface area contributed by atoms with Crippen molar-refractivity contribution in [2.24, 2.45) is 0 Å². The Morgan fingerprint density at radius 2 is 1.97 bits per heavy atom. The third kappa shape index (κ3) is 3.77. The van der Waals surface area contributed by atoms with Crippen molar-refractivity contribution in [2.45, 2.75) is 45.6 Å². The minimum atomic E-state index is -0.790. The molecule has 1 aliphatic rings. The smallest absolute Gasteiger partial charge is 0.238 e. The van der Waals surface area contributed by atoms with Gasteiger partial charge in [-0.1, -0.05) is 12.8 Å². The fraction of sp³-hybridized carbons (Fsp3) is 0.333. The molecule has 1 aromatic heterocycles. The van der Waals surface area contributed by atoms with Crippen LogP contribution in [0.3, 0.4) is 0 Å². The lowest BCUT2D eigenvalue weighted by Gasteiger charge is -2.17. The lowest BCUT2D eigenvalue weighted by atomic mass is 9.84. The Bertz CT molecular complexity index is 1070. The Morgan fingerprint density at radius 3 is 2.55 bits per heavy atom. The number of hydrogen-bond acceptors (Lipinski definition) is 4. The van der Waals surface area contributed by atoms with Crippen molar-refractivity contribution >= 4 is 11.7 Å². The average molecular weight is 385 g/mol. The maximum atomic E-state index is 13.3. The Kier molecular flexibility index (Phi) is 5.80. The molecule has 2 aromatic rings. The van der Waals surface area contributed by atoms with Gasteiger partial charge in [0.15, 0.2) is 5.78 Å². The molecule has 1 aliphatic heterocycles. The third-order valence-electron chi connectivity index (χ3n) is 5.44. The SMILES string of the molecule is CC#Cc1cc(C)c(C2C(=O)C(Cc3ccc(C#N)cn3)N(C)C2=O)c(CC)c1. The molecule has 3 rings (SSSR count). The van der Waals surface area contributed by atoms with Gasteiger partial charge < -0.3 is 4.90 Å². The van der Waals surface area contributed by atoms with Crippen molar-refractivity contribution in [1.29, 1.82) is 5.26 Å². The molecule has 146 valence electrons. The van der Waals surface area contributed by atoms with Crippen LogP contribution in [0.1, 0.15) is 53.3 Å². The summed E-state index contributed by atoms with van der Waals surface area (Å²) < 4.78 is 0. The molecule has 2 atom stereocenters. The van der Waals surface area contributed by atoms with Crippen molar-refractivity contribution in [1.82, 2.24) is 9.88 Å². The van der Waals surface area contributed by atoms with Crippen LogP contribution in [-0.2, 0) is 22.4 Å². The molecule has 1 aromatic carbocycles. The van der Waals surface area contributed by atoms with Crippen LogP contribution in [0, 0.1) is 30.1 Å². The first kappa shape index (κ1) is 20.3. The van der Waals surface area contributed by atoms with Gasteiger partial charge in [-0.25, -0.2) is 0 Å². The van der Waals surface area contributed by atoms with Crippen molar-refractivity contribution in [3.05, 3.63) is 64.0 Å². The van der Waals surface area contributed by atoms with Crippen LogP contribution in [0.2, 0.25) is 0 Å². The van der Waals surface area contributed by atoms with Gasteiger partial charge in [0.1, 0.15) is 12.0 Å². The lowest BCUT2D eigenvalue weighted by molar-refractivity contribution is -0.129. The number of ketones is 1. The highest BCUT2D eigenvalue weighted by atomic mass is 16.2. The summed E-state index contributed by atoms with van der Waals surface area (Å²) in [5, 5.41) is 8.92. The van der Waals surface area contributed by atoms with E-state index < -0.39 is 12.0 Å². The van der Waals surface area contributed by atoms with E-state index in [-0.39, 0.29) is 11.7 Å². The predicted octanol–water partition coefficient (Wildman–Crippen LogP) is 2.93. The van der Waals surface area contributed by atoms with Crippen LogP contribution < -0.4 is 0 Å². The van der Waals surface area contributed by atoms with Gasteiger partial charge in [0.25, 0.3) is 0 Å². The van der Waals surface area contributed by atoms with E-state index in [1.807, 2.05) is 32.0 Å². The van der Waals surface area contributed by atoms with E-state index in [0.29, 0.717) is 17.7 Å². The van der Waals surface area contributed by atoms with E-state index in [2.05, 4.69) is 16.8 Å². The van der Waals surface area contributed by atoms with E-state index in [1.54, 1.807) is 26.1 Å². The number of aromatic nitrogens is 1. The van der Waals surface area contributed by atoms with Gasteiger partial charge >= 0.3 is 0 Å². The Labute approximate surface area is 171 Å². The number of amides is 1. The number of hydrogen-bond donors (Lipinski definition) is 0. The number of carbonyl (C=O) groups is 2. The van der Waals surface area contributed by atoms with Gasteiger partial charge in [-0.15, -0.1) is 5.92 Å². The van der Waals surface area contributed by atoms with Crippen molar-refractivity contribution < 1.29 is 9.59 Å². The fourth-order valence-electron chi connectivity index (χ4n) is 3.97. The van der Waals surface area contributed by atoms with Crippen molar-refractivity contribution in [3.8, 4) is 17.9 Å². The zero-order valence-electron chi connectivity index (χ0n) is 17.1. The average Bonchev–Trinajstić information content (AvgIpc) is 2.92. The molecule has 1 saturated heterocycles. The van der Waals surface area contributed by atoms with E-state index in [1.165, 1.54) is 11.1 Å². The molecule has 1 amide bonds. The second-order valence-electron chi connectivity index (χ2n) is 7.25. The number of rotatable bonds is 4. The standard InChI is InChI=1S/C24H23N3O2/c1-5-7-16-10-15(3)21(18(6-2)11-16)22-23(28)20(27(4)24(22)29)12-19-9-8-17(13-25)14-26-19/h8-11,14,20,22H,6,12H2,1-4H3. The zero-order chi connectivity index (χ0) is 21.1. The second kappa shape index (κ2) is 8.29. The number of nitriles is 1. The predicted molar refractivity (Wildman–Crippen MR) is 110 cm³/mol. The van der Waals surface area contributed by atoms with Gasteiger partial charge in [0, 0.05) is 30.9 Å². The molecule has 2 heterocycles. The number of carbonyl (C=O) groups excluding carboxylic acids is 2. The monoisotopic (exact) mass is 385 g/mol. The number of Topliss-reactive ketones (excluding diaryl/α,β-unsaturated/α-hetero) is 1. The molecular weight excluding hydrogens is 362 g/mol. The molecule has 0 aliphatic carbocycles. The van der Waals surface area contributed by atoms with Crippen molar-refractivity contribution in [3.63, 3.8) is 0 Å². The second-order valence-corrected chi connectivity index (χ2v) is 7.25. The summed E-state index contributed by atoms with van der Waals surface area (Å²) in [5.74, 6) is 4.89. The quantitative estimate of drug-likeness (QED) is 0.599. The summed E-state index contributed by atoms with van der Waals surface area (Å²) in [5.41, 5.74) is 4.76. The van der Waals surface area contributed by atoms with Crippen LogP contribution in [-0.4, -0.2) is 34.7 Å². The first-order valence-corrected chi connectivity index (χ1v) is 9.62. The number of likely N-dealkylation sites (tertiary alicyclic amines) is 1. The van der Waals surface area contributed by atoms with E-state index in [9.17, 15) is 9.59 Å². The maximum Gasteiger partial charge on any atom is 0.238 e. The normalized spacial score (nSPS) is 18.4. The highest BCUT2D eigenvalue weighted by Crippen LogP contribution is 2.35. The highest BCUT2D eigenvalue weighted by molar-refractivity contribution is 6.15. The van der Waals surface area contributed by atoms with Crippen LogP contribution in [0.4, 0.5) is 0 Å². The zero-order valence-corrected chi connectivity index (χ0v) is 17.1. The molecule has 29 heavy (non-hydrogen) atoms. The van der Waals surface area contributed by atoms with Gasteiger partial charge in [0.2, 0.25) is 5.91 Å². The number of benzene rings is 1. The third-order valence-corrected chi connectivity index (χ3v) is 5.44. The van der Waals surface area contributed by atoms with E-state index >= 15 is 0 Å². The summed E-state index contributed by atoms with van der Waals surface area (Å²) >= 11 is 0. The van der Waals surface area contributed by atoms with Crippen LogP contribution in [0.25, 0.3) is 0 Å². The maximum absolute atomic E-state index is 13.3. The molecule has 0 spiro atoms. The molecule has 0 bridgehead atoms.